The van der Waals surface area contributed by atoms with Crippen LogP contribution in [0.1, 0.15) is 34.1 Å². The molecule has 1 heterocycles. The quantitative estimate of drug-likeness (QED) is 0.533. The van der Waals surface area contributed by atoms with E-state index in [1.165, 1.54) is 0 Å². The molecular formula is C12H26N6O3Si. The van der Waals surface area contributed by atoms with Gasteiger partial charge in [0.25, 0.3) is 0 Å². The van der Waals surface area contributed by atoms with E-state index >= 15 is 0 Å². The summed E-state index contributed by atoms with van der Waals surface area (Å²) in [7, 11) is -2.94. The summed E-state index contributed by atoms with van der Waals surface area (Å²) in [5, 5.41) is 3.17. The zero-order valence-corrected chi connectivity index (χ0v) is 14.6. The molecule has 126 valence electrons. The molecule has 1 rings (SSSR count). The molecule has 0 aliphatic heterocycles. The molecule has 22 heavy (non-hydrogen) atoms. The minimum atomic E-state index is -2.94. The van der Waals surface area contributed by atoms with Crippen molar-refractivity contribution in [1.29, 1.82) is 0 Å². The SMILES string of the molecule is CCO[Si](OCC)(OCC)C(CC)Nc1nc(N)nc(N)n1. The molecule has 1 atom stereocenters. The van der Waals surface area contributed by atoms with Gasteiger partial charge in [-0.3, -0.25) is 0 Å². The number of nitrogens with one attached hydrogen (secondary N) is 1. The third-order valence-corrected chi connectivity index (χ3v) is 6.32. The number of rotatable bonds is 10. The number of nitrogens with two attached hydrogens (primary N) is 2. The first kappa shape index (κ1) is 18.6. The van der Waals surface area contributed by atoms with Crippen LogP contribution in [0.4, 0.5) is 17.8 Å². The van der Waals surface area contributed by atoms with Crippen LogP contribution in [0, 0.1) is 0 Å². The highest BCUT2D eigenvalue weighted by molar-refractivity contribution is 6.63. The standard InChI is InChI=1S/C12H26N6O3Si/c1-5-9(15-12-17-10(13)16-11(14)18-12)22(19-6-2,20-7-3)21-8-4/h9H,5-8H2,1-4H3,(H5,13,14,15,16,17,18). The van der Waals surface area contributed by atoms with Crippen LogP contribution >= 0.6 is 0 Å². The fourth-order valence-corrected chi connectivity index (χ4v) is 4.97. The molecule has 0 saturated carbocycles. The van der Waals surface area contributed by atoms with Gasteiger partial charge in [0, 0.05) is 19.8 Å². The Morgan fingerprint density at radius 3 is 1.73 bits per heavy atom. The highest BCUT2D eigenvalue weighted by Gasteiger charge is 2.49. The molecule has 0 aliphatic rings. The zero-order chi connectivity index (χ0) is 16.6. The lowest BCUT2D eigenvalue weighted by atomic mass is 10.5. The van der Waals surface area contributed by atoms with Gasteiger partial charge in [-0.15, -0.1) is 0 Å². The molecule has 0 spiro atoms. The minimum Gasteiger partial charge on any atom is -0.373 e. The van der Waals surface area contributed by atoms with Crippen LogP contribution in [-0.2, 0) is 13.3 Å². The predicted octanol–water partition coefficient (Wildman–Crippen LogP) is 0.814. The predicted molar refractivity (Wildman–Crippen MR) is 87.0 cm³/mol. The molecule has 0 saturated heterocycles. The van der Waals surface area contributed by atoms with E-state index < -0.39 is 8.80 Å². The lowest BCUT2D eigenvalue weighted by molar-refractivity contribution is 0.0638. The third kappa shape index (κ3) is 4.76. The summed E-state index contributed by atoms with van der Waals surface area (Å²) in [6.45, 7) is 9.20. The summed E-state index contributed by atoms with van der Waals surface area (Å²) in [5.74, 6) is 0.399. The molecule has 9 nitrogen and oxygen atoms in total. The topological polar surface area (TPSA) is 130 Å². The largest absolute Gasteiger partial charge is 0.524 e. The molecule has 0 fully saturated rings. The van der Waals surface area contributed by atoms with Gasteiger partial charge in [0.05, 0.1) is 5.67 Å². The van der Waals surface area contributed by atoms with Gasteiger partial charge in [-0.1, -0.05) is 6.92 Å². The second-order valence-corrected chi connectivity index (χ2v) is 7.15. The Morgan fingerprint density at radius 1 is 0.909 bits per heavy atom. The maximum atomic E-state index is 5.89. The van der Waals surface area contributed by atoms with Crippen LogP contribution in [0.3, 0.4) is 0 Å². The van der Waals surface area contributed by atoms with Crippen molar-refractivity contribution in [3.8, 4) is 0 Å². The maximum absolute atomic E-state index is 5.89. The number of hydrogen-bond acceptors (Lipinski definition) is 9. The first-order valence-electron chi connectivity index (χ1n) is 7.46. The van der Waals surface area contributed by atoms with E-state index in [9.17, 15) is 0 Å². The molecule has 0 radical (unpaired) electrons. The van der Waals surface area contributed by atoms with Gasteiger partial charge < -0.3 is 30.1 Å². The van der Waals surface area contributed by atoms with Crippen molar-refractivity contribution in [3.63, 3.8) is 0 Å². The monoisotopic (exact) mass is 330 g/mol. The molecule has 0 amide bonds. The smallest absolute Gasteiger partial charge is 0.373 e. The van der Waals surface area contributed by atoms with E-state index in [4.69, 9.17) is 24.7 Å². The van der Waals surface area contributed by atoms with E-state index in [2.05, 4.69) is 20.3 Å². The van der Waals surface area contributed by atoms with Crippen molar-refractivity contribution in [3.05, 3.63) is 0 Å². The number of hydrogen-bond donors (Lipinski definition) is 3. The average molecular weight is 330 g/mol. The van der Waals surface area contributed by atoms with E-state index in [1.54, 1.807) is 0 Å². The third-order valence-electron chi connectivity index (χ3n) is 2.84. The normalized spacial score (nSPS) is 13.1. The lowest BCUT2D eigenvalue weighted by Gasteiger charge is -2.35. The lowest BCUT2D eigenvalue weighted by Crippen LogP contribution is -2.59. The van der Waals surface area contributed by atoms with Gasteiger partial charge in [-0.25, -0.2) is 0 Å². The van der Waals surface area contributed by atoms with Crippen LogP contribution in [0.2, 0.25) is 0 Å². The molecular weight excluding hydrogens is 304 g/mol. The van der Waals surface area contributed by atoms with Gasteiger partial charge in [-0.05, 0) is 27.2 Å². The van der Waals surface area contributed by atoms with Crippen LogP contribution < -0.4 is 16.8 Å². The van der Waals surface area contributed by atoms with Gasteiger partial charge in [0.15, 0.2) is 0 Å². The molecule has 0 bridgehead atoms. The average Bonchev–Trinajstić information content (AvgIpc) is 2.44. The van der Waals surface area contributed by atoms with Gasteiger partial charge in [-0.2, -0.15) is 15.0 Å². The van der Waals surface area contributed by atoms with Crippen LogP contribution in [-0.4, -0.2) is 49.2 Å². The summed E-state index contributed by atoms with van der Waals surface area (Å²) < 4.78 is 17.7. The summed E-state index contributed by atoms with van der Waals surface area (Å²) in [5.41, 5.74) is 11.0. The molecule has 5 N–H and O–H groups in total. The number of nitrogens with zero attached hydrogens (tertiary/aromatic N) is 3. The van der Waals surface area contributed by atoms with Crippen molar-refractivity contribution in [2.75, 3.05) is 36.6 Å². The second-order valence-electron chi connectivity index (χ2n) is 4.38. The summed E-state index contributed by atoms with van der Waals surface area (Å²) >= 11 is 0. The molecule has 0 aromatic carbocycles. The van der Waals surface area contributed by atoms with E-state index in [0.29, 0.717) is 26.2 Å². The van der Waals surface area contributed by atoms with E-state index in [-0.39, 0.29) is 23.5 Å². The van der Waals surface area contributed by atoms with Crippen molar-refractivity contribution >= 4 is 26.6 Å². The number of anilines is 3. The number of aromatic nitrogens is 3. The van der Waals surface area contributed by atoms with Gasteiger partial charge in [0.1, 0.15) is 0 Å². The second kappa shape index (κ2) is 8.83. The highest BCUT2D eigenvalue weighted by atomic mass is 28.4. The van der Waals surface area contributed by atoms with Gasteiger partial charge in [0.2, 0.25) is 17.8 Å². The maximum Gasteiger partial charge on any atom is 0.524 e. The Hall–Kier alpha value is -1.49. The van der Waals surface area contributed by atoms with Crippen LogP contribution in [0.15, 0.2) is 0 Å². The van der Waals surface area contributed by atoms with Crippen molar-refractivity contribution in [1.82, 2.24) is 15.0 Å². The first-order valence-corrected chi connectivity index (χ1v) is 9.26. The molecule has 10 heteroatoms. The molecule has 1 aromatic rings. The first-order chi connectivity index (χ1) is 10.5. The molecule has 1 aromatic heterocycles. The fraction of sp³-hybridized carbons (Fsp3) is 0.750. The van der Waals surface area contributed by atoms with E-state index in [1.807, 2.05) is 27.7 Å². The summed E-state index contributed by atoms with van der Waals surface area (Å²) in [6, 6.07) is 0. The van der Waals surface area contributed by atoms with Crippen molar-refractivity contribution in [2.45, 2.75) is 39.8 Å². The Bertz CT molecular complexity index is 427. The van der Waals surface area contributed by atoms with E-state index in [0.717, 1.165) is 0 Å². The Morgan fingerprint density at radius 2 is 1.36 bits per heavy atom. The molecule has 0 aliphatic carbocycles. The number of nitrogen functional groups attached to an aromatic ring is 2. The fourth-order valence-electron chi connectivity index (χ4n) is 2.10. The van der Waals surface area contributed by atoms with Gasteiger partial charge >= 0.3 is 8.80 Å². The van der Waals surface area contributed by atoms with Crippen molar-refractivity contribution in [2.24, 2.45) is 0 Å². The van der Waals surface area contributed by atoms with Crippen molar-refractivity contribution < 1.29 is 13.3 Å². The van der Waals surface area contributed by atoms with Crippen LogP contribution in [0.25, 0.3) is 0 Å². The Labute approximate surface area is 132 Å². The zero-order valence-electron chi connectivity index (χ0n) is 13.6. The summed E-state index contributed by atoms with van der Waals surface area (Å²) in [4.78, 5) is 11.8. The summed E-state index contributed by atoms with van der Waals surface area (Å²) in [6.07, 6.45) is 0.706. The van der Waals surface area contributed by atoms with Crippen LogP contribution in [0.5, 0.6) is 0 Å². The molecule has 1 unspecified atom stereocenters. The highest BCUT2D eigenvalue weighted by Crippen LogP contribution is 2.21. The Balaban J connectivity index is 3.06. The Kier molecular flexibility index (Phi) is 7.45. The minimum absolute atomic E-state index is 0.0568.